The molecular formula is C12H18ClNO. The van der Waals surface area contributed by atoms with Crippen molar-refractivity contribution in [3.63, 3.8) is 0 Å². The van der Waals surface area contributed by atoms with Gasteiger partial charge < -0.3 is 10.1 Å². The van der Waals surface area contributed by atoms with Gasteiger partial charge in [-0.25, -0.2) is 0 Å². The van der Waals surface area contributed by atoms with Crippen molar-refractivity contribution >= 4 is 12.4 Å². The van der Waals surface area contributed by atoms with Gasteiger partial charge in [-0.2, -0.15) is 0 Å². The van der Waals surface area contributed by atoms with Crippen LogP contribution in [-0.4, -0.2) is 19.7 Å². The largest absolute Gasteiger partial charge is 0.497 e. The lowest BCUT2D eigenvalue weighted by Crippen LogP contribution is -2.23. The van der Waals surface area contributed by atoms with E-state index >= 15 is 0 Å². The third kappa shape index (κ3) is 3.40. The van der Waals surface area contributed by atoms with Crippen molar-refractivity contribution in [1.29, 1.82) is 0 Å². The first-order valence-corrected chi connectivity index (χ1v) is 5.25. The SMILES string of the molecule is COc1ccc(CC2CCCN2)cc1.Cl. The molecule has 1 aromatic rings. The van der Waals surface area contributed by atoms with Gasteiger partial charge in [-0.3, -0.25) is 0 Å². The minimum absolute atomic E-state index is 0. The lowest BCUT2D eigenvalue weighted by atomic mass is 10.0. The van der Waals surface area contributed by atoms with Crippen LogP contribution >= 0.6 is 12.4 Å². The van der Waals surface area contributed by atoms with Crippen LogP contribution in [0.1, 0.15) is 18.4 Å². The fourth-order valence-electron chi connectivity index (χ4n) is 1.98. The number of halogens is 1. The maximum absolute atomic E-state index is 5.12. The molecule has 0 aromatic heterocycles. The number of methoxy groups -OCH3 is 1. The second-order valence-corrected chi connectivity index (χ2v) is 3.85. The van der Waals surface area contributed by atoms with Gasteiger partial charge in [-0.1, -0.05) is 12.1 Å². The Bertz CT molecular complexity index is 280. The monoisotopic (exact) mass is 227 g/mol. The van der Waals surface area contributed by atoms with Gasteiger partial charge in [0.2, 0.25) is 0 Å². The molecule has 15 heavy (non-hydrogen) atoms. The number of nitrogens with one attached hydrogen (secondary N) is 1. The summed E-state index contributed by atoms with van der Waals surface area (Å²) in [5.41, 5.74) is 1.39. The fraction of sp³-hybridized carbons (Fsp3) is 0.500. The highest BCUT2D eigenvalue weighted by Gasteiger charge is 2.13. The van der Waals surface area contributed by atoms with E-state index in [0.717, 1.165) is 12.2 Å². The number of rotatable bonds is 3. The molecule has 0 amide bonds. The summed E-state index contributed by atoms with van der Waals surface area (Å²) in [6.45, 7) is 1.18. The summed E-state index contributed by atoms with van der Waals surface area (Å²) >= 11 is 0. The van der Waals surface area contributed by atoms with Gasteiger partial charge in [0.15, 0.2) is 0 Å². The molecule has 0 aliphatic carbocycles. The molecule has 1 unspecified atom stereocenters. The topological polar surface area (TPSA) is 21.3 Å². The van der Waals surface area contributed by atoms with Crippen molar-refractivity contribution < 1.29 is 4.74 Å². The van der Waals surface area contributed by atoms with Gasteiger partial charge in [0, 0.05) is 6.04 Å². The number of benzene rings is 1. The van der Waals surface area contributed by atoms with Crippen molar-refractivity contribution in [1.82, 2.24) is 5.32 Å². The summed E-state index contributed by atoms with van der Waals surface area (Å²) in [7, 11) is 1.70. The Morgan fingerprint density at radius 1 is 1.33 bits per heavy atom. The van der Waals surface area contributed by atoms with Crippen LogP contribution in [0.25, 0.3) is 0 Å². The summed E-state index contributed by atoms with van der Waals surface area (Å²) < 4.78 is 5.12. The zero-order chi connectivity index (χ0) is 9.80. The Morgan fingerprint density at radius 3 is 2.60 bits per heavy atom. The van der Waals surface area contributed by atoms with Crippen LogP contribution < -0.4 is 10.1 Å². The van der Waals surface area contributed by atoms with E-state index in [0.29, 0.717) is 6.04 Å². The van der Waals surface area contributed by atoms with E-state index in [1.165, 1.54) is 24.9 Å². The predicted octanol–water partition coefficient (Wildman–Crippen LogP) is 2.41. The highest BCUT2D eigenvalue weighted by molar-refractivity contribution is 5.85. The summed E-state index contributed by atoms with van der Waals surface area (Å²) in [4.78, 5) is 0. The molecule has 0 bridgehead atoms. The third-order valence-corrected chi connectivity index (χ3v) is 2.80. The van der Waals surface area contributed by atoms with Crippen LogP contribution in [0.15, 0.2) is 24.3 Å². The highest BCUT2D eigenvalue weighted by Crippen LogP contribution is 2.15. The predicted molar refractivity (Wildman–Crippen MR) is 65.0 cm³/mol. The van der Waals surface area contributed by atoms with Gasteiger partial charge in [0.1, 0.15) is 5.75 Å². The van der Waals surface area contributed by atoms with Crippen molar-refractivity contribution in [2.75, 3.05) is 13.7 Å². The Hall–Kier alpha value is -0.730. The van der Waals surface area contributed by atoms with Gasteiger partial charge >= 0.3 is 0 Å². The number of ether oxygens (including phenoxy) is 1. The summed E-state index contributed by atoms with van der Waals surface area (Å²) in [5, 5.41) is 3.50. The molecule has 1 heterocycles. The number of hydrogen-bond donors (Lipinski definition) is 1. The van der Waals surface area contributed by atoms with Crippen molar-refractivity contribution in [3.8, 4) is 5.75 Å². The molecule has 2 rings (SSSR count). The van der Waals surface area contributed by atoms with E-state index in [1.807, 2.05) is 12.1 Å². The van der Waals surface area contributed by atoms with Crippen LogP contribution in [0.5, 0.6) is 5.75 Å². The van der Waals surface area contributed by atoms with Crippen LogP contribution in [0.2, 0.25) is 0 Å². The first-order valence-electron chi connectivity index (χ1n) is 5.25. The summed E-state index contributed by atoms with van der Waals surface area (Å²) in [6.07, 6.45) is 3.77. The Labute approximate surface area is 97.4 Å². The molecular weight excluding hydrogens is 210 g/mol. The van der Waals surface area contributed by atoms with Gasteiger partial charge in [0.25, 0.3) is 0 Å². The molecule has 1 atom stereocenters. The van der Waals surface area contributed by atoms with Crippen LogP contribution in [0.4, 0.5) is 0 Å². The average molecular weight is 228 g/mol. The van der Waals surface area contributed by atoms with Crippen molar-refractivity contribution in [3.05, 3.63) is 29.8 Å². The van der Waals surface area contributed by atoms with Crippen LogP contribution in [0, 0.1) is 0 Å². The molecule has 1 fully saturated rings. The molecule has 3 heteroatoms. The van der Waals surface area contributed by atoms with Gasteiger partial charge in [0.05, 0.1) is 7.11 Å². The maximum atomic E-state index is 5.12. The minimum atomic E-state index is 0. The van der Waals surface area contributed by atoms with E-state index in [4.69, 9.17) is 4.74 Å². The fourth-order valence-corrected chi connectivity index (χ4v) is 1.98. The van der Waals surface area contributed by atoms with E-state index in [9.17, 15) is 0 Å². The van der Waals surface area contributed by atoms with E-state index in [-0.39, 0.29) is 12.4 Å². The Morgan fingerprint density at radius 2 is 2.07 bits per heavy atom. The molecule has 0 saturated carbocycles. The zero-order valence-corrected chi connectivity index (χ0v) is 9.85. The molecule has 84 valence electrons. The first kappa shape index (κ1) is 12.3. The highest BCUT2D eigenvalue weighted by atomic mass is 35.5. The molecule has 0 spiro atoms. The van der Waals surface area contributed by atoms with Crippen LogP contribution in [0.3, 0.4) is 0 Å². The second-order valence-electron chi connectivity index (χ2n) is 3.85. The van der Waals surface area contributed by atoms with E-state index in [2.05, 4.69) is 17.4 Å². The first-order chi connectivity index (χ1) is 6.88. The molecule has 1 saturated heterocycles. The maximum Gasteiger partial charge on any atom is 0.118 e. The molecule has 1 aliphatic heterocycles. The van der Waals surface area contributed by atoms with Crippen molar-refractivity contribution in [2.24, 2.45) is 0 Å². The second kappa shape index (κ2) is 5.99. The quantitative estimate of drug-likeness (QED) is 0.857. The normalized spacial score (nSPS) is 19.7. The molecule has 0 radical (unpaired) electrons. The molecule has 2 nitrogen and oxygen atoms in total. The Balaban J connectivity index is 0.00000112. The smallest absolute Gasteiger partial charge is 0.118 e. The summed E-state index contributed by atoms with van der Waals surface area (Å²) in [6, 6.07) is 9.05. The van der Waals surface area contributed by atoms with Gasteiger partial charge in [-0.15, -0.1) is 12.4 Å². The Kier molecular flexibility index (Phi) is 4.92. The minimum Gasteiger partial charge on any atom is -0.497 e. The standard InChI is InChI=1S/C12H17NO.ClH/c1-14-12-6-4-10(5-7-12)9-11-3-2-8-13-11;/h4-7,11,13H,2-3,8-9H2,1H3;1H. The van der Waals surface area contributed by atoms with E-state index < -0.39 is 0 Å². The van der Waals surface area contributed by atoms with E-state index in [1.54, 1.807) is 7.11 Å². The molecule has 1 N–H and O–H groups in total. The van der Waals surface area contributed by atoms with Crippen LogP contribution in [-0.2, 0) is 6.42 Å². The number of hydrogen-bond acceptors (Lipinski definition) is 2. The zero-order valence-electron chi connectivity index (χ0n) is 9.03. The lowest BCUT2D eigenvalue weighted by Gasteiger charge is -2.10. The van der Waals surface area contributed by atoms with Gasteiger partial charge in [-0.05, 0) is 43.5 Å². The van der Waals surface area contributed by atoms with Crippen molar-refractivity contribution in [2.45, 2.75) is 25.3 Å². The average Bonchev–Trinajstić information content (AvgIpc) is 2.72. The molecule has 1 aromatic carbocycles. The molecule has 1 aliphatic rings. The lowest BCUT2D eigenvalue weighted by molar-refractivity contribution is 0.414. The third-order valence-electron chi connectivity index (χ3n) is 2.80. The summed E-state index contributed by atoms with van der Waals surface area (Å²) in [5.74, 6) is 0.938.